The van der Waals surface area contributed by atoms with E-state index in [-0.39, 0.29) is 5.91 Å². The zero-order valence-corrected chi connectivity index (χ0v) is 12.2. The van der Waals surface area contributed by atoms with Gasteiger partial charge < -0.3 is 10.1 Å². The van der Waals surface area contributed by atoms with Gasteiger partial charge in [0, 0.05) is 6.54 Å². The third kappa shape index (κ3) is 3.47. The number of carbonyl (C=O) groups excluding carboxylic acids is 1. The minimum absolute atomic E-state index is 0.281. The summed E-state index contributed by atoms with van der Waals surface area (Å²) in [7, 11) is 1.59. The molecule has 1 aromatic rings. The summed E-state index contributed by atoms with van der Waals surface area (Å²) in [5, 5.41) is 11.6. The van der Waals surface area contributed by atoms with Gasteiger partial charge >= 0.3 is 0 Å². The first-order valence-corrected chi connectivity index (χ1v) is 6.22. The van der Waals surface area contributed by atoms with Gasteiger partial charge in [-0.2, -0.15) is 5.26 Å². The number of rotatable bonds is 4. The van der Waals surface area contributed by atoms with Crippen LogP contribution < -0.4 is 10.1 Å². The maximum atomic E-state index is 11.7. The molecule has 0 unspecified atom stereocenters. The topological polar surface area (TPSA) is 62.1 Å². The smallest absolute Gasteiger partial charge is 0.240 e. The van der Waals surface area contributed by atoms with Crippen molar-refractivity contribution in [2.45, 2.75) is 20.4 Å². The molecular formula is C13H15BrN2O2. The average molecular weight is 311 g/mol. The van der Waals surface area contributed by atoms with Gasteiger partial charge in [-0.15, -0.1) is 0 Å². The number of ether oxygens (including phenoxy) is 1. The van der Waals surface area contributed by atoms with E-state index in [1.807, 2.05) is 24.3 Å². The molecule has 1 rings (SSSR count). The largest absolute Gasteiger partial charge is 0.496 e. The molecule has 96 valence electrons. The lowest BCUT2D eigenvalue weighted by Gasteiger charge is -2.15. The van der Waals surface area contributed by atoms with Crippen LogP contribution in [0.4, 0.5) is 0 Å². The molecule has 0 heterocycles. The van der Waals surface area contributed by atoms with Gasteiger partial charge in [0.05, 0.1) is 17.7 Å². The molecule has 0 aliphatic heterocycles. The predicted molar refractivity (Wildman–Crippen MR) is 71.9 cm³/mol. The number of hydrogen-bond acceptors (Lipinski definition) is 3. The van der Waals surface area contributed by atoms with E-state index >= 15 is 0 Å². The minimum atomic E-state index is -1.01. The normalized spacial score (nSPS) is 10.6. The first kappa shape index (κ1) is 14.5. The Labute approximate surface area is 115 Å². The van der Waals surface area contributed by atoms with Crippen LogP contribution in [0.25, 0.3) is 0 Å². The van der Waals surface area contributed by atoms with E-state index in [1.165, 1.54) is 0 Å². The molecule has 1 N–H and O–H groups in total. The van der Waals surface area contributed by atoms with Crippen molar-refractivity contribution in [3.8, 4) is 11.8 Å². The molecule has 5 heteroatoms. The summed E-state index contributed by atoms with van der Waals surface area (Å²) in [6, 6.07) is 7.52. The van der Waals surface area contributed by atoms with Crippen molar-refractivity contribution in [1.82, 2.24) is 5.32 Å². The molecule has 1 amide bonds. The maximum absolute atomic E-state index is 11.7. The average Bonchev–Trinajstić information content (AvgIpc) is 2.36. The number of nitrogens with zero attached hydrogens (tertiary/aromatic N) is 1. The maximum Gasteiger partial charge on any atom is 0.240 e. The monoisotopic (exact) mass is 310 g/mol. The van der Waals surface area contributed by atoms with Gasteiger partial charge in [-0.05, 0) is 47.5 Å². The Balaban J connectivity index is 2.68. The van der Waals surface area contributed by atoms with E-state index in [9.17, 15) is 4.79 Å². The van der Waals surface area contributed by atoms with Gasteiger partial charge in [0.2, 0.25) is 5.91 Å². The van der Waals surface area contributed by atoms with E-state index in [0.29, 0.717) is 6.54 Å². The Morgan fingerprint density at radius 2 is 2.22 bits per heavy atom. The third-order valence-corrected chi connectivity index (χ3v) is 3.14. The lowest BCUT2D eigenvalue weighted by Crippen LogP contribution is -2.35. The van der Waals surface area contributed by atoms with Crippen molar-refractivity contribution in [3.63, 3.8) is 0 Å². The van der Waals surface area contributed by atoms with E-state index < -0.39 is 5.41 Å². The number of carbonyl (C=O) groups is 1. The van der Waals surface area contributed by atoms with E-state index in [2.05, 4.69) is 21.2 Å². The Bertz CT molecular complexity index is 492. The summed E-state index contributed by atoms with van der Waals surface area (Å²) < 4.78 is 5.95. The van der Waals surface area contributed by atoms with E-state index in [4.69, 9.17) is 10.00 Å². The fourth-order valence-corrected chi connectivity index (χ4v) is 1.86. The highest BCUT2D eigenvalue weighted by molar-refractivity contribution is 9.10. The van der Waals surface area contributed by atoms with Crippen LogP contribution in [0.15, 0.2) is 22.7 Å². The van der Waals surface area contributed by atoms with Crippen LogP contribution in [0.5, 0.6) is 5.75 Å². The highest BCUT2D eigenvalue weighted by Crippen LogP contribution is 2.25. The summed E-state index contributed by atoms with van der Waals surface area (Å²) in [5.74, 6) is 0.458. The summed E-state index contributed by atoms with van der Waals surface area (Å²) in [6.07, 6.45) is 0. The SMILES string of the molecule is COc1ccc(CNC(=O)C(C)(C)C#N)cc1Br. The van der Waals surface area contributed by atoms with E-state index in [1.54, 1.807) is 21.0 Å². The van der Waals surface area contributed by atoms with Crippen LogP contribution in [0.2, 0.25) is 0 Å². The molecule has 0 spiro atoms. The van der Waals surface area contributed by atoms with Crippen LogP contribution in [0.3, 0.4) is 0 Å². The molecule has 0 fully saturated rings. The fraction of sp³-hybridized carbons (Fsp3) is 0.385. The second-order valence-electron chi connectivity index (χ2n) is 4.39. The molecule has 1 aromatic carbocycles. The van der Waals surface area contributed by atoms with Crippen LogP contribution >= 0.6 is 15.9 Å². The molecule has 0 aromatic heterocycles. The van der Waals surface area contributed by atoms with E-state index in [0.717, 1.165) is 15.8 Å². The molecule has 0 saturated heterocycles. The number of halogens is 1. The molecule has 0 aliphatic rings. The number of nitriles is 1. The lowest BCUT2D eigenvalue weighted by atomic mass is 9.95. The first-order chi connectivity index (χ1) is 8.40. The van der Waals surface area contributed by atoms with Crippen LogP contribution in [-0.4, -0.2) is 13.0 Å². The molecule has 18 heavy (non-hydrogen) atoms. The van der Waals surface area contributed by atoms with Crippen molar-refractivity contribution in [1.29, 1.82) is 5.26 Å². The summed E-state index contributed by atoms with van der Waals surface area (Å²) in [6.45, 7) is 3.56. The molecule has 4 nitrogen and oxygen atoms in total. The van der Waals surface area contributed by atoms with Crippen molar-refractivity contribution >= 4 is 21.8 Å². The number of benzene rings is 1. The predicted octanol–water partition coefficient (Wildman–Crippen LogP) is 2.62. The molecule has 0 aliphatic carbocycles. The number of methoxy groups -OCH3 is 1. The van der Waals surface area contributed by atoms with Gasteiger partial charge in [-0.25, -0.2) is 0 Å². The van der Waals surface area contributed by atoms with Gasteiger partial charge in [-0.1, -0.05) is 6.07 Å². The first-order valence-electron chi connectivity index (χ1n) is 5.42. The Morgan fingerprint density at radius 3 is 2.72 bits per heavy atom. The van der Waals surface area contributed by atoms with Crippen molar-refractivity contribution in [3.05, 3.63) is 28.2 Å². The van der Waals surface area contributed by atoms with Gasteiger partial charge in [-0.3, -0.25) is 4.79 Å². The van der Waals surface area contributed by atoms with Crippen molar-refractivity contribution < 1.29 is 9.53 Å². The Hall–Kier alpha value is -1.54. The number of amides is 1. The molecule has 0 saturated carbocycles. The van der Waals surface area contributed by atoms with Gasteiger partial charge in [0.25, 0.3) is 0 Å². The van der Waals surface area contributed by atoms with Crippen LogP contribution in [-0.2, 0) is 11.3 Å². The molecular weight excluding hydrogens is 296 g/mol. The summed E-state index contributed by atoms with van der Waals surface area (Å²) in [5.41, 5.74) is -0.0752. The minimum Gasteiger partial charge on any atom is -0.496 e. The molecule has 0 radical (unpaired) electrons. The van der Waals surface area contributed by atoms with Crippen LogP contribution in [0, 0.1) is 16.7 Å². The number of hydrogen-bond donors (Lipinski definition) is 1. The zero-order valence-electron chi connectivity index (χ0n) is 10.6. The second kappa shape index (κ2) is 5.87. The van der Waals surface area contributed by atoms with Gasteiger partial charge in [0.15, 0.2) is 0 Å². The van der Waals surface area contributed by atoms with Crippen LogP contribution in [0.1, 0.15) is 19.4 Å². The Morgan fingerprint density at radius 1 is 1.56 bits per heavy atom. The fourth-order valence-electron chi connectivity index (χ4n) is 1.27. The quantitative estimate of drug-likeness (QED) is 0.930. The standard InChI is InChI=1S/C13H15BrN2O2/c1-13(2,8-15)12(17)16-7-9-4-5-11(18-3)10(14)6-9/h4-6H,7H2,1-3H3,(H,16,17). The Kier molecular flexibility index (Phi) is 4.74. The molecule has 0 atom stereocenters. The third-order valence-electron chi connectivity index (χ3n) is 2.52. The van der Waals surface area contributed by atoms with Gasteiger partial charge in [0.1, 0.15) is 11.2 Å². The highest BCUT2D eigenvalue weighted by Gasteiger charge is 2.26. The number of nitrogens with one attached hydrogen (secondary N) is 1. The highest BCUT2D eigenvalue weighted by atomic mass is 79.9. The second-order valence-corrected chi connectivity index (χ2v) is 5.24. The summed E-state index contributed by atoms with van der Waals surface area (Å²) >= 11 is 3.38. The zero-order chi connectivity index (χ0) is 13.8. The summed E-state index contributed by atoms with van der Waals surface area (Å²) in [4.78, 5) is 11.7. The van der Waals surface area contributed by atoms with Crippen molar-refractivity contribution in [2.24, 2.45) is 5.41 Å². The van der Waals surface area contributed by atoms with Crippen molar-refractivity contribution in [2.75, 3.05) is 7.11 Å². The molecule has 0 bridgehead atoms. The lowest BCUT2D eigenvalue weighted by molar-refractivity contribution is -0.126.